The van der Waals surface area contributed by atoms with Crippen LogP contribution >= 0.6 is 0 Å². The molecule has 3 aromatic carbocycles. The Morgan fingerprint density at radius 3 is 2.28 bits per heavy atom. The predicted octanol–water partition coefficient (Wildman–Crippen LogP) is 5.79. The van der Waals surface area contributed by atoms with Gasteiger partial charge in [0, 0.05) is 36.4 Å². The number of alkyl halides is 3. The van der Waals surface area contributed by atoms with Gasteiger partial charge in [-0.15, -0.1) is 0 Å². The topological polar surface area (TPSA) is 97.1 Å². The zero-order valence-corrected chi connectivity index (χ0v) is 20.3. The number of hydrogen-bond acceptors (Lipinski definition) is 4. The first-order valence-corrected chi connectivity index (χ1v) is 11.8. The fourth-order valence-corrected chi connectivity index (χ4v) is 4.30. The normalized spacial score (nSPS) is 11.5. The van der Waals surface area contributed by atoms with Gasteiger partial charge in [0.05, 0.1) is 27.9 Å². The summed E-state index contributed by atoms with van der Waals surface area (Å²) < 4.78 is 40.8. The summed E-state index contributed by atoms with van der Waals surface area (Å²) in [5.41, 5.74) is 3.09. The van der Waals surface area contributed by atoms with Crippen LogP contribution in [0.25, 0.3) is 22.2 Å². The third-order valence-electron chi connectivity index (χ3n) is 6.27. The molecular weight excluding hydrogens is 509 g/mol. The van der Waals surface area contributed by atoms with Crippen LogP contribution in [0, 0.1) is 0 Å². The molecular formula is C29H21F3N4O3. The average molecular weight is 531 g/mol. The SMILES string of the molecule is O=C(O)c1ccc(CNC(=O)c2cc(-c3ccncn3)cc3ccn(Cc4ccc(C(F)(F)F)cc4)c23)cc1. The zero-order chi connectivity index (χ0) is 27.6. The summed E-state index contributed by atoms with van der Waals surface area (Å²) >= 11 is 0. The van der Waals surface area contributed by atoms with Crippen LogP contribution in [0.15, 0.2) is 91.5 Å². The molecule has 0 aliphatic heterocycles. The second-order valence-electron chi connectivity index (χ2n) is 8.88. The summed E-state index contributed by atoms with van der Waals surface area (Å²) in [6, 6.07) is 18.3. The number of hydrogen-bond donors (Lipinski definition) is 2. The maximum atomic E-state index is 13.5. The number of amides is 1. The molecule has 0 radical (unpaired) electrons. The van der Waals surface area contributed by atoms with Crippen LogP contribution in [0.2, 0.25) is 0 Å². The van der Waals surface area contributed by atoms with Gasteiger partial charge in [0.1, 0.15) is 6.33 Å². The number of fused-ring (bicyclic) bond motifs is 1. The van der Waals surface area contributed by atoms with Gasteiger partial charge in [0.15, 0.2) is 0 Å². The lowest BCUT2D eigenvalue weighted by Crippen LogP contribution is -2.23. The minimum absolute atomic E-state index is 0.144. The van der Waals surface area contributed by atoms with E-state index in [1.807, 2.05) is 16.7 Å². The van der Waals surface area contributed by atoms with Crippen LogP contribution in [0.3, 0.4) is 0 Å². The maximum absolute atomic E-state index is 13.5. The van der Waals surface area contributed by atoms with E-state index in [2.05, 4.69) is 15.3 Å². The first-order valence-electron chi connectivity index (χ1n) is 11.8. The maximum Gasteiger partial charge on any atom is 0.416 e. The van der Waals surface area contributed by atoms with Crippen LogP contribution in [-0.4, -0.2) is 31.5 Å². The molecule has 196 valence electrons. The molecule has 7 nitrogen and oxygen atoms in total. The first-order chi connectivity index (χ1) is 18.7. The fourth-order valence-electron chi connectivity index (χ4n) is 4.30. The number of aromatic nitrogens is 3. The van der Waals surface area contributed by atoms with Crippen LogP contribution in [0.4, 0.5) is 13.2 Å². The highest BCUT2D eigenvalue weighted by atomic mass is 19.4. The molecule has 0 saturated heterocycles. The Balaban J connectivity index is 1.49. The Bertz CT molecular complexity index is 1650. The standard InChI is InChI=1S/C29H21F3N4O3/c30-29(31,32)23-7-3-19(4-8-23)16-36-12-10-21-13-22(25-9-11-33-17-35-25)14-24(26(21)36)27(37)34-15-18-1-5-20(6-2-18)28(38)39/h1-14,17H,15-16H2,(H,34,37)(H,38,39). The Morgan fingerprint density at radius 1 is 0.923 bits per heavy atom. The number of carbonyl (C=O) groups is 2. The second kappa shape index (κ2) is 10.4. The molecule has 0 bridgehead atoms. The van der Waals surface area contributed by atoms with Gasteiger partial charge in [-0.05, 0) is 59.7 Å². The number of carboxylic acid groups (broad SMARTS) is 1. The molecule has 1 amide bonds. The van der Waals surface area contributed by atoms with Crippen molar-refractivity contribution in [3.05, 3.63) is 119 Å². The van der Waals surface area contributed by atoms with E-state index in [-0.39, 0.29) is 24.6 Å². The Morgan fingerprint density at radius 2 is 1.64 bits per heavy atom. The predicted molar refractivity (Wildman–Crippen MR) is 138 cm³/mol. The van der Waals surface area contributed by atoms with Crippen molar-refractivity contribution in [3.63, 3.8) is 0 Å². The van der Waals surface area contributed by atoms with Gasteiger partial charge in [0.2, 0.25) is 0 Å². The second-order valence-corrected chi connectivity index (χ2v) is 8.88. The molecule has 0 aliphatic rings. The molecule has 2 heterocycles. The smallest absolute Gasteiger partial charge is 0.416 e. The van der Waals surface area contributed by atoms with E-state index < -0.39 is 17.7 Å². The minimum atomic E-state index is -4.42. The van der Waals surface area contributed by atoms with Crippen molar-refractivity contribution in [2.75, 3.05) is 0 Å². The number of carbonyl (C=O) groups excluding carboxylic acids is 1. The molecule has 0 spiro atoms. The lowest BCUT2D eigenvalue weighted by molar-refractivity contribution is -0.137. The van der Waals surface area contributed by atoms with Crippen molar-refractivity contribution in [3.8, 4) is 11.3 Å². The molecule has 0 saturated carbocycles. The van der Waals surface area contributed by atoms with Gasteiger partial charge in [-0.3, -0.25) is 4.79 Å². The summed E-state index contributed by atoms with van der Waals surface area (Å²) in [7, 11) is 0. The molecule has 39 heavy (non-hydrogen) atoms. The van der Waals surface area contributed by atoms with Gasteiger partial charge < -0.3 is 15.0 Å². The van der Waals surface area contributed by atoms with Gasteiger partial charge >= 0.3 is 12.1 Å². The van der Waals surface area contributed by atoms with Gasteiger partial charge in [-0.1, -0.05) is 24.3 Å². The number of benzene rings is 3. The first kappa shape index (κ1) is 25.7. The number of carboxylic acids is 1. The van der Waals surface area contributed by atoms with Crippen molar-refractivity contribution >= 4 is 22.8 Å². The van der Waals surface area contributed by atoms with Crippen molar-refractivity contribution in [2.24, 2.45) is 0 Å². The van der Waals surface area contributed by atoms with Crippen LogP contribution in [0.5, 0.6) is 0 Å². The van der Waals surface area contributed by atoms with E-state index in [1.165, 1.54) is 30.6 Å². The van der Waals surface area contributed by atoms with Crippen LogP contribution in [0.1, 0.15) is 37.4 Å². The molecule has 2 aromatic heterocycles. The van der Waals surface area contributed by atoms with E-state index in [9.17, 15) is 22.8 Å². The van der Waals surface area contributed by atoms with Crippen LogP contribution < -0.4 is 5.32 Å². The van der Waals surface area contributed by atoms with Crippen LogP contribution in [-0.2, 0) is 19.3 Å². The third kappa shape index (κ3) is 5.64. The quantitative estimate of drug-likeness (QED) is 0.278. The summed E-state index contributed by atoms with van der Waals surface area (Å²) in [5, 5.41) is 12.7. The van der Waals surface area contributed by atoms with Gasteiger partial charge in [-0.2, -0.15) is 13.2 Å². The molecule has 5 aromatic rings. The Hall–Kier alpha value is -4.99. The summed E-state index contributed by atoms with van der Waals surface area (Å²) in [5.74, 6) is -1.41. The van der Waals surface area contributed by atoms with E-state index in [1.54, 1.807) is 36.7 Å². The van der Waals surface area contributed by atoms with Crippen molar-refractivity contribution in [2.45, 2.75) is 19.3 Å². The molecule has 0 atom stereocenters. The number of aromatic carboxylic acids is 1. The Kier molecular flexibility index (Phi) is 6.84. The molecule has 2 N–H and O–H groups in total. The number of nitrogens with zero attached hydrogens (tertiary/aromatic N) is 3. The molecule has 5 rings (SSSR count). The van der Waals surface area contributed by atoms with Gasteiger partial charge in [-0.25, -0.2) is 14.8 Å². The fraction of sp³-hybridized carbons (Fsp3) is 0.103. The third-order valence-corrected chi connectivity index (χ3v) is 6.27. The number of halogens is 3. The molecule has 10 heteroatoms. The molecule has 0 unspecified atom stereocenters. The number of nitrogens with one attached hydrogen (secondary N) is 1. The molecule has 0 aliphatic carbocycles. The van der Waals surface area contributed by atoms with Crippen molar-refractivity contribution < 1.29 is 27.9 Å². The van der Waals surface area contributed by atoms with E-state index in [0.29, 0.717) is 27.9 Å². The van der Waals surface area contributed by atoms with Crippen molar-refractivity contribution in [1.82, 2.24) is 19.9 Å². The van der Waals surface area contributed by atoms with Crippen molar-refractivity contribution in [1.29, 1.82) is 0 Å². The van der Waals surface area contributed by atoms with E-state index in [4.69, 9.17) is 5.11 Å². The lowest BCUT2D eigenvalue weighted by Gasteiger charge is -2.13. The van der Waals surface area contributed by atoms with E-state index >= 15 is 0 Å². The average Bonchev–Trinajstić information content (AvgIpc) is 3.34. The monoisotopic (exact) mass is 530 g/mol. The summed E-state index contributed by atoms with van der Waals surface area (Å²) in [6.07, 6.45) is 0.376. The lowest BCUT2D eigenvalue weighted by atomic mass is 10.0. The molecule has 0 fully saturated rings. The summed E-state index contributed by atoms with van der Waals surface area (Å²) in [4.78, 5) is 32.8. The van der Waals surface area contributed by atoms with Gasteiger partial charge in [0.25, 0.3) is 5.91 Å². The summed E-state index contributed by atoms with van der Waals surface area (Å²) in [6.45, 7) is 0.420. The minimum Gasteiger partial charge on any atom is -0.478 e. The highest BCUT2D eigenvalue weighted by molar-refractivity contribution is 6.07. The largest absolute Gasteiger partial charge is 0.478 e. The zero-order valence-electron chi connectivity index (χ0n) is 20.3. The highest BCUT2D eigenvalue weighted by Gasteiger charge is 2.30. The number of rotatable bonds is 7. The van der Waals surface area contributed by atoms with E-state index in [0.717, 1.165) is 23.1 Å². The highest BCUT2D eigenvalue weighted by Crippen LogP contribution is 2.31. The Labute approximate surface area is 220 Å².